The molecule has 3 N–H and O–H groups in total. The normalized spacial score (nSPS) is 16.7. The first-order valence-corrected chi connectivity index (χ1v) is 4.38. The molecule has 0 aromatic carbocycles. The van der Waals surface area contributed by atoms with E-state index in [-0.39, 0.29) is 18.1 Å². The SMILES string of the molecule is C[C@@H](N[C@H](CO)C(C)(C)C)C(=O)O. The van der Waals surface area contributed by atoms with Gasteiger partial charge in [-0.3, -0.25) is 10.1 Å². The second kappa shape index (κ2) is 4.58. The molecule has 2 atom stereocenters. The van der Waals surface area contributed by atoms with Crippen LogP contribution in [-0.4, -0.2) is 34.9 Å². The summed E-state index contributed by atoms with van der Waals surface area (Å²) in [6, 6.07) is -0.824. The standard InChI is InChI=1S/C9H19NO3/c1-6(8(12)13)10-7(5-11)9(2,3)4/h6-7,10-11H,5H2,1-4H3,(H,12,13)/t6-,7-/m1/s1. The Morgan fingerprint density at radius 1 is 1.46 bits per heavy atom. The van der Waals surface area contributed by atoms with Gasteiger partial charge in [0.25, 0.3) is 0 Å². The molecule has 0 radical (unpaired) electrons. The molecule has 0 amide bonds. The van der Waals surface area contributed by atoms with Crippen LogP contribution in [0.5, 0.6) is 0 Å². The molecule has 0 aliphatic carbocycles. The summed E-state index contributed by atoms with van der Waals surface area (Å²) in [5.74, 6) is -0.900. The Morgan fingerprint density at radius 3 is 2.15 bits per heavy atom. The number of carboxylic acid groups (broad SMARTS) is 1. The fraction of sp³-hybridized carbons (Fsp3) is 0.889. The zero-order chi connectivity index (χ0) is 10.6. The third kappa shape index (κ3) is 4.24. The van der Waals surface area contributed by atoms with Crippen molar-refractivity contribution in [1.29, 1.82) is 0 Å². The van der Waals surface area contributed by atoms with Crippen molar-refractivity contribution < 1.29 is 15.0 Å². The molecule has 0 spiro atoms. The van der Waals surface area contributed by atoms with Gasteiger partial charge in [0.05, 0.1) is 6.61 Å². The maximum atomic E-state index is 10.5. The second-order valence-corrected chi connectivity index (χ2v) is 4.33. The Balaban J connectivity index is 4.22. The number of rotatable bonds is 4. The monoisotopic (exact) mass is 189 g/mol. The Morgan fingerprint density at radius 2 is 1.92 bits per heavy atom. The van der Waals surface area contributed by atoms with Crippen LogP contribution >= 0.6 is 0 Å². The Hall–Kier alpha value is -0.610. The lowest BCUT2D eigenvalue weighted by molar-refractivity contribution is -0.139. The highest BCUT2D eigenvalue weighted by Crippen LogP contribution is 2.19. The summed E-state index contributed by atoms with van der Waals surface area (Å²) in [5, 5.41) is 20.5. The van der Waals surface area contributed by atoms with Crippen LogP contribution in [0.25, 0.3) is 0 Å². The van der Waals surface area contributed by atoms with E-state index in [4.69, 9.17) is 10.2 Å². The minimum Gasteiger partial charge on any atom is -0.480 e. The summed E-state index contributed by atoms with van der Waals surface area (Å²) in [4.78, 5) is 10.5. The summed E-state index contributed by atoms with van der Waals surface area (Å²) in [7, 11) is 0. The minimum atomic E-state index is -0.900. The van der Waals surface area contributed by atoms with E-state index in [2.05, 4.69) is 5.32 Å². The zero-order valence-electron chi connectivity index (χ0n) is 8.66. The molecule has 0 rings (SSSR count). The molecular formula is C9H19NO3. The van der Waals surface area contributed by atoms with E-state index in [0.717, 1.165) is 0 Å². The van der Waals surface area contributed by atoms with Crippen molar-refractivity contribution in [2.24, 2.45) is 5.41 Å². The minimum absolute atomic E-state index is 0.0544. The number of hydrogen-bond donors (Lipinski definition) is 3. The Bertz CT molecular complexity index is 174. The van der Waals surface area contributed by atoms with Gasteiger partial charge in [0.1, 0.15) is 6.04 Å². The Labute approximate surface area is 79.0 Å². The highest BCUT2D eigenvalue weighted by Gasteiger charge is 2.26. The van der Waals surface area contributed by atoms with Gasteiger partial charge in [-0.25, -0.2) is 0 Å². The number of nitrogens with one attached hydrogen (secondary N) is 1. The van der Waals surface area contributed by atoms with E-state index in [1.165, 1.54) is 0 Å². The first-order valence-electron chi connectivity index (χ1n) is 4.38. The topological polar surface area (TPSA) is 69.6 Å². The molecule has 4 heteroatoms. The van der Waals surface area contributed by atoms with Crippen LogP contribution in [0, 0.1) is 5.41 Å². The van der Waals surface area contributed by atoms with Crippen LogP contribution < -0.4 is 5.32 Å². The van der Waals surface area contributed by atoms with Gasteiger partial charge in [0, 0.05) is 6.04 Å². The average Bonchev–Trinajstić information content (AvgIpc) is 1.96. The molecule has 0 aliphatic heterocycles. The summed E-state index contributed by atoms with van der Waals surface area (Å²) in [5.41, 5.74) is -0.140. The first kappa shape index (κ1) is 12.4. The lowest BCUT2D eigenvalue weighted by Crippen LogP contribution is -2.49. The number of aliphatic carboxylic acids is 1. The van der Waals surface area contributed by atoms with Crippen molar-refractivity contribution in [1.82, 2.24) is 5.32 Å². The van der Waals surface area contributed by atoms with E-state index >= 15 is 0 Å². The molecule has 0 aromatic rings. The van der Waals surface area contributed by atoms with E-state index in [1.54, 1.807) is 6.92 Å². The van der Waals surface area contributed by atoms with Crippen LogP contribution in [0.4, 0.5) is 0 Å². The number of aliphatic hydroxyl groups is 1. The molecule has 0 saturated heterocycles. The second-order valence-electron chi connectivity index (χ2n) is 4.33. The molecule has 78 valence electrons. The van der Waals surface area contributed by atoms with Crippen molar-refractivity contribution in [3.05, 3.63) is 0 Å². The van der Waals surface area contributed by atoms with Crippen LogP contribution in [0.15, 0.2) is 0 Å². The number of aliphatic hydroxyl groups excluding tert-OH is 1. The zero-order valence-corrected chi connectivity index (χ0v) is 8.66. The predicted molar refractivity (Wildman–Crippen MR) is 50.6 cm³/mol. The van der Waals surface area contributed by atoms with Crippen molar-refractivity contribution in [2.75, 3.05) is 6.61 Å². The van der Waals surface area contributed by atoms with E-state index in [9.17, 15) is 4.79 Å². The molecular weight excluding hydrogens is 170 g/mol. The number of carboxylic acids is 1. The summed E-state index contributed by atoms with van der Waals surface area (Å²) < 4.78 is 0. The van der Waals surface area contributed by atoms with Crippen molar-refractivity contribution >= 4 is 5.97 Å². The lowest BCUT2D eigenvalue weighted by Gasteiger charge is -2.31. The van der Waals surface area contributed by atoms with Crippen LogP contribution in [-0.2, 0) is 4.79 Å². The lowest BCUT2D eigenvalue weighted by atomic mass is 9.87. The average molecular weight is 189 g/mol. The van der Waals surface area contributed by atoms with Gasteiger partial charge in [-0.2, -0.15) is 0 Å². The predicted octanol–water partition coefficient (Wildman–Crippen LogP) is 0.456. The van der Waals surface area contributed by atoms with E-state index < -0.39 is 12.0 Å². The van der Waals surface area contributed by atoms with Crippen molar-refractivity contribution in [2.45, 2.75) is 39.8 Å². The molecule has 0 unspecified atom stereocenters. The van der Waals surface area contributed by atoms with Crippen LogP contribution in [0.1, 0.15) is 27.7 Å². The molecule has 0 aliphatic rings. The molecule has 0 saturated carbocycles. The largest absolute Gasteiger partial charge is 0.480 e. The van der Waals surface area contributed by atoms with Crippen LogP contribution in [0.2, 0.25) is 0 Å². The molecule has 0 bridgehead atoms. The first-order chi connectivity index (χ1) is 5.79. The fourth-order valence-corrected chi connectivity index (χ4v) is 0.950. The van der Waals surface area contributed by atoms with Crippen molar-refractivity contribution in [3.63, 3.8) is 0 Å². The Kier molecular flexibility index (Phi) is 4.36. The third-order valence-corrected chi connectivity index (χ3v) is 2.05. The summed E-state index contributed by atoms with van der Waals surface area (Å²) in [6.07, 6.45) is 0. The number of hydrogen-bond acceptors (Lipinski definition) is 3. The van der Waals surface area contributed by atoms with Gasteiger partial charge in [0.2, 0.25) is 0 Å². The van der Waals surface area contributed by atoms with Gasteiger partial charge in [-0.05, 0) is 12.3 Å². The molecule has 0 fully saturated rings. The number of carbonyl (C=O) groups is 1. The van der Waals surface area contributed by atoms with E-state index in [0.29, 0.717) is 0 Å². The summed E-state index contributed by atoms with van der Waals surface area (Å²) >= 11 is 0. The molecule has 13 heavy (non-hydrogen) atoms. The molecule has 4 nitrogen and oxygen atoms in total. The molecule has 0 aromatic heterocycles. The summed E-state index contributed by atoms with van der Waals surface area (Å²) in [6.45, 7) is 7.37. The molecule has 0 heterocycles. The smallest absolute Gasteiger partial charge is 0.320 e. The van der Waals surface area contributed by atoms with Gasteiger partial charge < -0.3 is 10.2 Å². The maximum Gasteiger partial charge on any atom is 0.320 e. The highest BCUT2D eigenvalue weighted by molar-refractivity contribution is 5.72. The van der Waals surface area contributed by atoms with Gasteiger partial charge in [-0.1, -0.05) is 20.8 Å². The van der Waals surface area contributed by atoms with Crippen molar-refractivity contribution in [3.8, 4) is 0 Å². The fourth-order valence-electron chi connectivity index (χ4n) is 0.950. The van der Waals surface area contributed by atoms with Gasteiger partial charge in [0.15, 0.2) is 0 Å². The maximum absolute atomic E-state index is 10.5. The van der Waals surface area contributed by atoms with Crippen LogP contribution in [0.3, 0.4) is 0 Å². The quantitative estimate of drug-likeness (QED) is 0.601. The van der Waals surface area contributed by atoms with E-state index in [1.807, 2.05) is 20.8 Å². The van der Waals surface area contributed by atoms with Gasteiger partial charge >= 0.3 is 5.97 Å². The third-order valence-electron chi connectivity index (χ3n) is 2.05. The van der Waals surface area contributed by atoms with Gasteiger partial charge in [-0.15, -0.1) is 0 Å². The highest BCUT2D eigenvalue weighted by atomic mass is 16.4.